The van der Waals surface area contributed by atoms with E-state index in [2.05, 4.69) is 27.1 Å². The number of thiazole rings is 1. The van der Waals surface area contributed by atoms with E-state index in [1.54, 1.807) is 11.3 Å². The molecule has 3 rings (SSSR count). The minimum absolute atomic E-state index is 0. The topological polar surface area (TPSA) is 19.4 Å². The Morgan fingerprint density at radius 1 is 1.09 bits per heavy atom. The normalized spacial score (nSPS) is 15.0. The van der Waals surface area contributed by atoms with Gasteiger partial charge in [0.25, 0.3) is 0 Å². The molecule has 23 heavy (non-hydrogen) atoms. The Hall–Kier alpha value is -0.230. The summed E-state index contributed by atoms with van der Waals surface area (Å²) in [5.41, 5.74) is 2.33. The summed E-state index contributed by atoms with van der Waals surface area (Å²) in [5.74, 6) is 0. The number of rotatable bonds is 3. The van der Waals surface area contributed by atoms with E-state index in [0.717, 1.165) is 43.4 Å². The quantitative estimate of drug-likeness (QED) is 0.709. The zero-order valence-corrected chi connectivity index (χ0v) is 16.6. The Balaban J connectivity index is 0.00000132. The summed E-state index contributed by atoms with van der Waals surface area (Å²) in [5, 5.41) is 4.52. The lowest BCUT2D eigenvalue weighted by molar-refractivity contribution is 0.247. The van der Waals surface area contributed by atoms with Gasteiger partial charge in [-0.3, -0.25) is 4.90 Å². The van der Waals surface area contributed by atoms with Gasteiger partial charge in [-0.25, -0.2) is 4.98 Å². The van der Waals surface area contributed by atoms with E-state index >= 15 is 0 Å². The van der Waals surface area contributed by atoms with E-state index < -0.39 is 0 Å². The monoisotopic (exact) mass is 413 g/mol. The number of benzene rings is 1. The first-order valence-corrected chi connectivity index (χ1v) is 8.59. The lowest BCUT2D eigenvalue weighted by atomic mass is 10.2. The van der Waals surface area contributed by atoms with Crippen molar-refractivity contribution < 1.29 is 0 Å². The average molecular weight is 415 g/mol. The molecule has 0 N–H and O–H groups in total. The van der Waals surface area contributed by atoms with Crippen molar-refractivity contribution >= 4 is 65.0 Å². The van der Waals surface area contributed by atoms with Gasteiger partial charge in [0, 0.05) is 43.8 Å². The van der Waals surface area contributed by atoms with Crippen molar-refractivity contribution in [3.63, 3.8) is 0 Å². The number of aryl methyl sites for hydroxylation is 1. The van der Waals surface area contributed by atoms with E-state index in [4.69, 9.17) is 23.2 Å². The standard InChI is InChI=1S/C15H17Cl2N3S.2ClH/c1-11-18-12(10-21-11)9-19-4-6-20(7-5-19)13-2-3-14(16)15(17)8-13;;/h2-3,8,10H,4-7,9H2,1H3;2*1H. The van der Waals surface area contributed by atoms with Crippen molar-refractivity contribution in [3.05, 3.63) is 44.3 Å². The van der Waals surface area contributed by atoms with Crippen molar-refractivity contribution in [1.29, 1.82) is 0 Å². The molecule has 3 nitrogen and oxygen atoms in total. The van der Waals surface area contributed by atoms with Gasteiger partial charge in [-0.05, 0) is 25.1 Å². The van der Waals surface area contributed by atoms with Gasteiger partial charge in [0.15, 0.2) is 0 Å². The van der Waals surface area contributed by atoms with Crippen LogP contribution in [0.25, 0.3) is 0 Å². The summed E-state index contributed by atoms with van der Waals surface area (Å²) >= 11 is 13.8. The van der Waals surface area contributed by atoms with Crippen molar-refractivity contribution in [3.8, 4) is 0 Å². The smallest absolute Gasteiger partial charge is 0.0897 e. The summed E-state index contributed by atoms with van der Waals surface area (Å²) in [6.45, 7) is 7.08. The van der Waals surface area contributed by atoms with E-state index in [1.807, 2.05) is 18.2 Å². The van der Waals surface area contributed by atoms with Crippen LogP contribution in [0, 0.1) is 6.92 Å². The van der Waals surface area contributed by atoms with E-state index in [1.165, 1.54) is 5.69 Å². The highest BCUT2D eigenvalue weighted by Gasteiger charge is 2.18. The Morgan fingerprint density at radius 3 is 2.35 bits per heavy atom. The Kier molecular flexibility index (Phi) is 8.42. The van der Waals surface area contributed by atoms with Crippen LogP contribution in [-0.2, 0) is 6.54 Å². The third-order valence-corrected chi connectivity index (χ3v) is 5.25. The van der Waals surface area contributed by atoms with Crippen LogP contribution in [0.5, 0.6) is 0 Å². The molecule has 1 fully saturated rings. The molecule has 0 spiro atoms. The zero-order chi connectivity index (χ0) is 14.8. The number of halogens is 4. The molecule has 0 aliphatic carbocycles. The van der Waals surface area contributed by atoms with Gasteiger partial charge >= 0.3 is 0 Å². The predicted octanol–water partition coefficient (Wildman–Crippen LogP) is 4.92. The maximum absolute atomic E-state index is 6.10. The highest BCUT2D eigenvalue weighted by atomic mass is 35.5. The molecule has 1 aromatic heterocycles. The van der Waals surface area contributed by atoms with Crippen LogP contribution in [0.15, 0.2) is 23.6 Å². The van der Waals surface area contributed by atoms with Gasteiger partial charge in [-0.2, -0.15) is 0 Å². The second-order valence-corrected chi connectivity index (χ2v) is 7.10. The van der Waals surface area contributed by atoms with Gasteiger partial charge < -0.3 is 4.90 Å². The Labute approximate surface area is 163 Å². The second-order valence-electron chi connectivity index (χ2n) is 5.22. The van der Waals surface area contributed by atoms with Crippen LogP contribution in [0.4, 0.5) is 5.69 Å². The minimum atomic E-state index is 0. The van der Waals surface area contributed by atoms with Gasteiger partial charge in [0.05, 0.1) is 20.7 Å². The molecular formula is C15H19Cl4N3S. The fourth-order valence-electron chi connectivity index (χ4n) is 2.56. The number of hydrogen-bond donors (Lipinski definition) is 0. The maximum Gasteiger partial charge on any atom is 0.0897 e. The Bertz CT molecular complexity index is 627. The molecule has 1 saturated heterocycles. The van der Waals surface area contributed by atoms with Crippen molar-refractivity contribution in [2.24, 2.45) is 0 Å². The SMILES string of the molecule is Cc1nc(CN2CCN(c3ccc(Cl)c(Cl)c3)CC2)cs1.Cl.Cl. The molecule has 0 radical (unpaired) electrons. The molecule has 0 bridgehead atoms. The van der Waals surface area contributed by atoms with Crippen LogP contribution in [-0.4, -0.2) is 36.1 Å². The largest absolute Gasteiger partial charge is 0.369 e. The van der Waals surface area contributed by atoms with Crippen molar-refractivity contribution in [1.82, 2.24) is 9.88 Å². The van der Waals surface area contributed by atoms with Crippen LogP contribution >= 0.6 is 59.4 Å². The molecule has 8 heteroatoms. The number of anilines is 1. The highest BCUT2D eigenvalue weighted by Crippen LogP contribution is 2.27. The maximum atomic E-state index is 6.10. The highest BCUT2D eigenvalue weighted by molar-refractivity contribution is 7.09. The summed E-state index contributed by atoms with van der Waals surface area (Å²) in [6.07, 6.45) is 0. The number of nitrogens with zero attached hydrogens (tertiary/aromatic N) is 3. The molecule has 0 unspecified atom stereocenters. The van der Waals surface area contributed by atoms with E-state index in [-0.39, 0.29) is 24.8 Å². The lowest BCUT2D eigenvalue weighted by Gasteiger charge is -2.35. The van der Waals surface area contributed by atoms with Gasteiger partial charge in [-0.1, -0.05) is 23.2 Å². The summed E-state index contributed by atoms with van der Waals surface area (Å²) in [6, 6.07) is 5.85. The number of hydrogen-bond acceptors (Lipinski definition) is 4. The van der Waals surface area contributed by atoms with Crippen LogP contribution in [0.1, 0.15) is 10.7 Å². The first-order valence-electron chi connectivity index (χ1n) is 6.95. The third-order valence-electron chi connectivity index (χ3n) is 3.69. The third kappa shape index (κ3) is 5.38. The van der Waals surface area contributed by atoms with Gasteiger partial charge in [-0.15, -0.1) is 36.2 Å². The summed E-state index contributed by atoms with van der Waals surface area (Å²) in [4.78, 5) is 9.33. The number of aromatic nitrogens is 1. The van der Waals surface area contributed by atoms with Gasteiger partial charge in [0.1, 0.15) is 0 Å². The fourth-order valence-corrected chi connectivity index (χ4v) is 3.45. The first kappa shape index (κ1) is 20.8. The zero-order valence-electron chi connectivity index (χ0n) is 12.7. The lowest BCUT2D eigenvalue weighted by Crippen LogP contribution is -2.46. The average Bonchev–Trinajstić information content (AvgIpc) is 2.88. The molecule has 2 aromatic rings. The molecular weight excluding hydrogens is 396 g/mol. The molecule has 1 aromatic carbocycles. The van der Waals surface area contributed by atoms with Gasteiger partial charge in [0.2, 0.25) is 0 Å². The first-order chi connectivity index (χ1) is 10.1. The minimum Gasteiger partial charge on any atom is -0.369 e. The van der Waals surface area contributed by atoms with Crippen molar-refractivity contribution in [2.45, 2.75) is 13.5 Å². The Morgan fingerprint density at radius 2 is 1.78 bits per heavy atom. The summed E-state index contributed by atoms with van der Waals surface area (Å²) < 4.78 is 0. The molecule has 0 saturated carbocycles. The molecule has 0 atom stereocenters. The molecule has 2 heterocycles. The number of piperazine rings is 1. The summed E-state index contributed by atoms with van der Waals surface area (Å²) in [7, 11) is 0. The molecule has 128 valence electrons. The second kappa shape index (κ2) is 9.30. The van der Waals surface area contributed by atoms with Crippen LogP contribution < -0.4 is 4.90 Å². The molecule has 0 amide bonds. The fraction of sp³-hybridized carbons (Fsp3) is 0.400. The van der Waals surface area contributed by atoms with Crippen LogP contribution in [0.2, 0.25) is 10.0 Å². The van der Waals surface area contributed by atoms with E-state index in [0.29, 0.717) is 10.0 Å². The molecule has 1 aliphatic heterocycles. The van der Waals surface area contributed by atoms with E-state index in [9.17, 15) is 0 Å². The van der Waals surface area contributed by atoms with Crippen LogP contribution in [0.3, 0.4) is 0 Å². The predicted molar refractivity (Wildman–Crippen MR) is 105 cm³/mol. The molecule has 1 aliphatic rings. The van der Waals surface area contributed by atoms with Crippen molar-refractivity contribution in [2.75, 3.05) is 31.1 Å².